The number of carbonyl (C=O) groups is 1. The second kappa shape index (κ2) is 26.7. The van der Waals surface area contributed by atoms with E-state index in [0.29, 0.717) is 18.9 Å². The molecule has 2 nitrogen and oxygen atoms in total. The molecule has 1 atom stereocenters. The number of rotatable bonds is 26. The molecular weight excluding hydrogens is 392 g/mol. The van der Waals surface area contributed by atoms with E-state index in [9.17, 15) is 4.79 Å². The van der Waals surface area contributed by atoms with Crippen molar-refractivity contribution in [2.24, 2.45) is 5.92 Å². The van der Waals surface area contributed by atoms with E-state index in [-0.39, 0.29) is 5.97 Å². The highest BCUT2D eigenvalue weighted by molar-refractivity contribution is 5.69. The van der Waals surface area contributed by atoms with Gasteiger partial charge in [-0.1, -0.05) is 149 Å². The van der Waals surface area contributed by atoms with E-state index in [4.69, 9.17) is 4.74 Å². The van der Waals surface area contributed by atoms with Crippen molar-refractivity contribution in [1.82, 2.24) is 0 Å². The molecule has 0 amide bonds. The van der Waals surface area contributed by atoms with Gasteiger partial charge in [-0.3, -0.25) is 4.79 Å². The molecule has 0 aromatic carbocycles. The predicted molar refractivity (Wildman–Crippen MR) is 142 cm³/mol. The van der Waals surface area contributed by atoms with Crippen molar-refractivity contribution in [2.45, 2.75) is 175 Å². The van der Waals surface area contributed by atoms with Gasteiger partial charge in [0, 0.05) is 6.42 Å². The van der Waals surface area contributed by atoms with Gasteiger partial charge in [0.2, 0.25) is 0 Å². The molecule has 0 bridgehead atoms. The van der Waals surface area contributed by atoms with Crippen LogP contribution in [0.4, 0.5) is 0 Å². The summed E-state index contributed by atoms with van der Waals surface area (Å²) in [7, 11) is 0. The Labute approximate surface area is 203 Å². The van der Waals surface area contributed by atoms with Crippen LogP contribution in [0.3, 0.4) is 0 Å². The molecule has 0 saturated carbocycles. The maximum absolute atomic E-state index is 12.2. The summed E-state index contributed by atoms with van der Waals surface area (Å²) >= 11 is 0. The molecule has 0 fully saturated rings. The number of hydrogen-bond acceptors (Lipinski definition) is 2. The first-order chi connectivity index (χ1) is 15.7. The number of esters is 1. The van der Waals surface area contributed by atoms with Gasteiger partial charge in [-0.15, -0.1) is 0 Å². The van der Waals surface area contributed by atoms with Gasteiger partial charge in [0.05, 0.1) is 6.61 Å². The molecule has 0 N–H and O–H groups in total. The zero-order valence-corrected chi connectivity index (χ0v) is 22.6. The van der Waals surface area contributed by atoms with Crippen molar-refractivity contribution in [3.8, 4) is 0 Å². The molecule has 192 valence electrons. The van der Waals surface area contributed by atoms with Crippen molar-refractivity contribution in [1.29, 1.82) is 0 Å². The van der Waals surface area contributed by atoms with E-state index in [1.54, 1.807) is 0 Å². The Morgan fingerprint density at radius 2 is 0.844 bits per heavy atom. The van der Waals surface area contributed by atoms with Crippen molar-refractivity contribution in [3.63, 3.8) is 0 Å². The molecule has 2 heteroatoms. The van der Waals surface area contributed by atoms with E-state index in [0.717, 1.165) is 6.42 Å². The normalized spacial score (nSPS) is 12.2. The van der Waals surface area contributed by atoms with Gasteiger partial charge in [-0.25, -0.2) is 0 Å². The Morgan fingerprint density at radius 3 is 1.28 bits per heavy atom. The molecule has 0 aromatic heterocycles. The Hall–Kier alpha value is -0.530. The standard InChI is InChI=1S/C30H60O2/c1-4-7-10-13-15-16-17-18-19-21-24-27-30(31)32-28-29(25-22-12-9-6-3)26-23-20-14-11-8-5-2/h29H,4-28H2,1-3H3. The van der Waals surface area contributed by atoms with Gasteiger partial charge >= 0.3 is 5.97 Å². The van der Waals surface area contributed by atoms with E-state index in [1.165, 1.54) is 141 Å². The summed E-state index contributed by atoms with van der Waals surface area (Å²) < 4.78 is 5.71. The average Bonchev–Trinajstić information content (AvgIpc) is 2.80. The largest absolute Gasteiger partial charge is 0.465 e. The van der Waals surface area contributed by atoms with E-state index in [1.807, 2.05) is 0 Å². The van der Waals surface area contributed by atoms with Gasteiger partial charge < -0.3 is 4.74 Å². The quantitative estimate of drug-likeness (QED) is 0.0963. The zero-order valence-electron chi connectivity index (χ0n) is 22.6. The summed E-state index contributed by atoms with van der Waals surface area (Å²) in [5.41, 5.74) is 0. The lowest BCUT2D eigenvalue weighted by Crippen LogP contribution is -2.14. The average molecular weight is 453 g/mol. The third-order valence-electron chi connectivity index (χ3n) is 6.90. The number of carbonyl (C=O) groups excluding carboxylic acids is 1. The number of unbranched alkanes of at least 4 members (excludes halogenated alkanes) is 18. The molecule has 0 aliphatic rings. The molecule has 0 aliphatic carbocycles. The minimum absolute atomic E-state index is 0.0439. The summed E-state index contributed by atoms with van der Waals surface area (Å²) in [5.74, 6) is 0.627. The van der Waals surface area contributed by atoms with Crippen molar-refractivity contribution in [2.75, 3.05) is 6.61 Å². The fraction of sp³-hybridized carbons (Fsp3) is 0.967. The predicted octanol–water partition coefficient (Wildman–Crippen LogP) is 10.6. The molecular formula is C30H60O2. The lowest BCUT2D eigenvalue weighted by molar-refractivity contribution is -0.145. The summed E-state index contributed by atoms with van der Waals surface area (Å²) in [6, 6.07) is 0. The van der Waals surface area contributed by atoms with Gasteiger partial charge in [-0.05, 0) is 25.2 Å². The van der Waals surface area contributed by atoms with Crippen LogP contribution in [0.15, 0.2) is 0 Å². The minimum Gasteiger partial charge on any atom is -0.465 e. The highest BCUT2D eigenvalue weighted by Crippen LogP contribution is 2.20. The fourth-order valence-corrected chi connectivity index (χ4v) is 4.60. The Balaban J connectivity index is 3.77. The highest BCUT2D eigenvalue weighted by Gasteiger charge is 2.12. The maximum Gasteiger partial charge on any atom is 0.305 e. The van der Waals surface area contributed by atoms with E-state index < -0.39 is 0 Å². The van der Waals surface area contributed by atoms with Crippen LogP contribution in [0.5, 0.6) is 0 Å². The SMILES string of the molecule is CCCCCCCCCCCCCC(=O)OCC(CCCCCC)CCCCCCCC. The third kappa shape index (κ3) is 24.1. The van der Waals surface area contributed by atoms with Gasteiger partial charge in [-0.2, -0.15) is 0 Å². The lowest BCUT2D eigenvalue weighted by atomic mass is 9.95. The Morgan fingerprint density at radius 1 is 0.500 bits per heavy atom. The van der Waals surface area contributed by atoms with Crippen LogP contribution in [0.25, 0.3) is 0 Å². The second-order valence-electron chi connectivity index (χ2n) is 10.2. The zero-order chi connectivity index (χ0) is 23.5. The Kier molecular flexibility index (Phi) is 26.3. The molecule has 32 heavy (non-hydrogen) atoms. The first kappa shape index (κ1) is 31.5. The third-order valence-corrected chi connectivity index (χ3v) is 6.90. The van der Waals surface area contributed by atoms with E-state index in [2.05, 4.69) is 20.8 Å². The van der Waals surface area contributed by atoms with Gasteiger partial charge in [0.1, 0.15) is 0 Å². The molecule has 0 aromatic rings. The summed E-state index contributed by atoms with van der Waals surface area (Å²) in [6.45, 7) is 7.48. The molecule has 0 aliphatic heterocycles. The van der Waals surface area contributed by atoms with Gasteiger partial charge in [0.25, 0.3) is 0 Å². The first-order valence-electron chi connectivity index (χ1n) is 14.9. The minimum atomic E-state index is 0.0439. The molecule has 0 spiro atoms. The fourth-order valence-electron chi connectivity index (χ4n) is 4.60. The van der Waals surface area contributed by atoms with Crippen LogP contribution >= 0.6 is 0 Å². The maximum atomic E-state index is 12.2. The van der Waals surface area contributed by atoms with Crippen molar-refractivity contribution < 1.29 is 9.53 Å². The summed E-state index contributed by atoms with van der Waals surface area (Å²) in [4.78, 5) is 12.2. The van der Waals surface area contributed by atoms with Crippen molar-refractivity contribution >= 4 is 5.97 Å². The number of hydrogen-bond donors (Lipinski definition) is 0. The van der Waals surface area contributed by atoms with Crippen LogP contribution in [-0.4, -0.2) is 12.6 Å². The topological polar surface area (TPSA) is 26.3 Å². The molecule has 0 rings (SSSR count). The molecule has 0 heterocycles. The second-order valence-corrected chi connectivity index (χ2v) is 10.2. The van der Waals surface area contributed by atoms with Gasteiger partial charge in [0.15, 0.2) is 0 Å². The van der Waals surface area contributed by atoms with Crippen LogP contribution in [0, 0.1) is 5.92 Å². The Bertz CT molecular complexity index is 366. The monoisotopic (exact) mass is 452 g/mol. The van der Waals surface area contributed by atoms with Crippen molar-refractivity contribution in [3.05, 3.63) is 0 Å². The van der Waals surface area contributed by atoms with E-state index >= 15 is 0 Å². The lowest BCUT2D eigenvalue weighted by Gasteiger charge is -2.17. The summed E-state index contributed by atoms with van der Waals surface area (Å²) in [6.07, 6.45) is 31.0. The highest BCUT2D eigenvalue weighted by atomic mass is 16.5. The number of ether oxygens (including phenoxy) is 1. The first-order valence-corrected chi connectivity index (χ1v) is 14.9. The van der Waals surface area contributed by atoms with Crippen LogP contribution in [0.1, 0.15) is 175 Å². The molecule has 0 radical (unpaired) electrons. The van der Waals surface area contributed by atoms with Crippen LogP contribution in [0.2, 0.25) is 0 Å². The molecule has 0 saturated heterocycles. The smallest absolute Gasteiger partial charge is 0.305 e. The van der Waals surface area contributed by atoms with Crippen LogP contribution < -0.4 is 0 Å². The molecule has 1 unspecified atom stereocenters. The summed E-state index contributed by atoms with van der Waals surface area (Å²) in [5, 5.41) is 0. The van der Waals surface area contributed by atoms with Crippen LogP contribution in [-0.2, 0) is 9.53 Å².